The van der Waals surface area contributed by atoms with Gasteiger partial charge in [0.25, 0.3) is 5.91 Å². The number of benzene rings is 2. The van der Waals surface area contributed by atoms with Crippen molar-refractivity contribution in [1.29, 1.82) is 0 Å². The van der Waals surface area contributed by atoms with Crippen LogP contribution in [0.15, 0.2) is 36.4 Å². The Balaban J connectivity index is 2.33. The number of nitrogens with one attached hydrogen (secondary N) is 1. The zero-order valence-corrected chi connectivity index (χ0v) is 12.5. The first-order chi connectivity index (χ1) is 9.88. The molecule has 108 valence electrons. The van der Waals surface area contributed by atoms with E-state index in [4.69, 9.17) is 28.3 Å². The van der Waals surface area contributed by atoms with Crippen LogP contribution >= 0.6 is 23.2 Å². The number of carbonyl (C=O) groups is 2. The molecule has 1 amide bonds. The van der Waals surface area contributed by atoms with Gasteiger partial charge in [0.05, 0.1) is 16.1 Å². The Morgan fingerprint density at radius 3 is 2.48 bits per heavy atom. The van der Waals surface area contributed by atoms with E-state index < -0.39 is 11.9 Å². The second-order valence-corrected chi connectivity index (χ2v) is 5.26. The van der Waals surface area contributed by atoms with Gasteiger partial charge in [0.2, 0.25) is 0 Å². The average molecular weight is 324 g/mol. The fourth-order valence-corrected chi connectivity index (χ4v) is 2.13. The summed E-state index contributed by atoms with van der Waals surface area (Å²) in [5, 5.41) is 12.3. The first-order valence-corrected chi connectivity index (χ1v) is 6.74. The summed E-state index contributed by atoms with van der Waals surface area (Å²) in [6.45, 7) is 1.76. The lowest BCUT2D eigenvalue weighted by Gasteiger charge is -2.10. The highest BCUT2D eigenvalue weighted by molar-refractivity contribution is 6.36. The van der Waals surface area contributed by atoms with Crippen LogP contribution in [0, 0.1) is 6.92 Å². The van der Waals surface area contributed by atoms with Gasteiger partial charge in [-0.1, -0.05) is 29.3 Å². The fraction of sp³-hybridized carbons (Fsp3) is 0.0667. The SMILES string of the molecule is Cc1ccc(C(=O)O)cc1NC(=O)c1cc(Cl)ccc1Cl. The van der Waals surface area contributed by atoms with Gasteiger partial charge in [-0.25, -0.2) is 4.79 Å². The van der Waals surface area contributed by atoms with Gasteiger partial charge in [0.1, 0.15) is 0 Å². The predicted octanol–water partition coefficient (Wildman–Crippen LogP) is 4.25. The molecule has 2 rings (SSSR count). The van der Waals surface area contributed by atoms with E-state index in [1.54, 1.807) is 19.1 Å². The summed E-state index contributed by atoms with van der Waals surface area (Å²) < 4.78 is 0. The Kier molecular flexibility index (Phi) is 4.50. The topological polar surface area (TPSA) is 66.4 Å². The Morgan fingerprint density at radius 2 is 1.81 bits per heavy atom. The number of hydrogen-bond acceptors (Lipinski definition) is 2. The van der Waals surface area contributed by atoms with Crippen molar-refractivity contribution in [2.75, 3.05) is 5.32 Å². The summed E-state index contributed by atoms with van der Waals surface area (Å²) in [5.41, 5.74) is 1.47. The number of carbonyl (C=O) groups excluding carboxylic acids is 1. The fourth-order valence-electron chi connectivity index (χ4n) is 1.75. The minimum atomic E-state index is -1.06. The van der Waals surface area contributed by atoms with E-state index in [1.807, 2.05) is 0 Å². The highest BCUT2D eigenvalue weighted by Gasteiger charge is 2.13. The normalized spacial score (nSPS) is 10.2. The Bertz CT molecular complexity index is 729. The molecule has 0 aliphatic carbocycles. The van der Waals surface area contributed by atoms with E-state index in [0.717, 1.165) is 5.56 Å². The third kappa shape index (κ3) is 3.54. The monoisotopic (exact) mass is 323 g/mol. The molecule has 0 bridgehead atoms. The third-order valence-electron chi connectivity index (χ3n) is 2.91. The van der Waals surface area contributed by atoms with Crippen molar-refractivity contribution >= 4 is 40.8 Å². The average Bonchev–Trinajstić information content (AvgIpc) is 2.43. The summed E-state index contributed by atoms with van der Waals surface area (Å²) in [5.74, 6) is -1.51. The van der Waals surface area contributed by atoms with Crippen molar-refractivity contribution in [3.63, 3.8) is 0 Å². The molecule has 21 heavy (non-hydrogen) atoms. The highest BCUT2D eigenvalue weighted by Crippen LogP contribution is 2.23. The molecule has 0 fully saturated rings. The van der Waals surface area contributed by atoms with Gasteiger partial charge < -0.3 is 10.4 Å². The second kappa shape index (κ2) is 6.16. The smallest absolute Gasteiger partial charge is 0.335 e. The highest BCUT2D eigenvalue weighted by atomic mass is 35.5. The van der Waals surface area contributed by atoms with Crippen LogP contribution in [-0.4, -0.2) is 17.0 Å². The van der Waals surface area contributed by atoms with Crippen LogP contribution < -0.4 is 5.32 Å². The van der Waals surface area contributed by atoms with Crippen molar-refractivity contribution in [2.45, 2.75) is 6.92 Å². The largest absolute Gasteiger partial charge is 0.478 e. The number of anilines is 1. The van der Waals surface area contributed by atoms with Gasteiger partial charge in [-0.15, -0.1) is 0 Å². The van der Waals surface area contributed by atoms with Crippen LogP contribution in [0.3, 0.4) is 0 Å². The van der Waals surface area contributed by atoms with Crippen molar-refractivity contribution in [3.8, 4) is 0 Å². The maximum atomic E-state index is 12.2. The second-order valence-electron chi connectivity index (χ2n) is 4.41. The van der Waals surface area contributed by atoms with Crippen LogP contribution in [0.25, 0.3) is 0 Å². The summed E-state index contributed by atoms with van der Waals surface area (Å²) in [7, 11) is 0. The Labute approximate surface area is 131 Å². The van der Waals surface area contributed by atoms with Crippen molar-refractivity contribution in [3.05, 3.63) is 63.1 Å². The molecule has 0 atom stereocenters. The molecule has 0 aliphatic heterocycles. The number of aromatic carboxylic acids is 1. The van der Waals surface area contributed by atoms with Crippen LogP contribution in [0.4, 0.5) is 5.69 Å². The molecule has 0 radical (unpaired) electrons. The lowest BCUT2D eigenvalue weighted by atomic mass is 10.1. The third-order valence-corrected chi connectivity index (χ3v) is 3.47. The van der Waals surface area contributed by atoms with Gasteiger partial charge in [-0.2, -0.15) is 0 Å². The molecular weight excluding hydrogens is 313 g/mol. The maximum absolute atomic E-state index is 12.2. The van der Waals surface area contributed by atoms with E-state index in [1.165, 1.54) is 24.3 Å². The molecule has 0 saturated carbocycles. The Hall–Kier alpha value is -2.04. The number of carboxylic acid groups (broad SMARTS) is 1. The predicted molar refractivity (Wildman–Crippen MR) is 82.6 cm³/mol. The molecule has 4 nitrogen and oxygen atoms in total. The van der Waals surface area contributed by atoms with Crippen LogP contribution in [0.2, 0.25) is 10.0 Å². The summed E-state index contributed by atoms with van der Waals surface area (Å²) in [6, 6.07) is 9.05. The van der Waals surface area contributed by atoms with Crippen molar-refractivity contribution < 1.29 is 14.7 Å². The van der Waals surface area contributed by atoms with Gasteiger partial charge in [0.15, 0.2) is 0 Å². The van der Waals surface area contributed by atoms with E-state index >= 15 is 0 Å². The molecule has 2 aromatic rings. The summed E-state index contributed by atoms with van der Waals surface area (Å²) in [6.07, 6.45) is 0. The van der Waals surface area contributed by atoms with Gasteiger partial charge in [0, 0.05) is 10.7 Å². The van der Waals surface area contributed by atoms with Gasteiger partial charge in [-0.05, 0) is 42.8 Å². The number of hydrogen-bond donors (Lipinski definition) is 2. The first-order valence-electron chi connectivity index (χ1n) is 5.99. The van der Waals surface area contributed by atoms with Gasteiger partial charge >= 0.3 is 5.97 Å². The van der Waals surface area contributed by atoms with Crippen LogP contribution in [-0.2, 0) is 0 Å². The lowest BCUT2D eigenvalue weighted by molar-refractivity contribution is 0.0696. The van der Waals surface area contributed by atoms with Crippen molar-refractivity contribution in [2.24, 2.45) is 0 Å². The summed E-state index contributed by atoms with van der Waals surface area (Å²) >= 11 is 11.8. The first kappa shape index (κ1) is 15.4. The van der Waals surface area contributed by atoms with E-state index in [9.17, 15) is 9.59 Å². The lowest BCUT2D eigenvalue weighted by Crippen LogP contribution is -2.14. The summed E-state index contributed by atoms with van der Waals surface area (Å²) in [4.78, 5) is 23.2. The number of rotatable bonds is 3. The van der Waals surface area contributed by atoms with Gasteiger partial charge in [-0.3, -0.25) is 4.79 Å². The minimum absolute atomic E-state index is 0.0908. The molecule has 0 aliphatic rings. The molecular formula is C15H11Cl2NO3. The van der Waals surface area contributed by atoms with Crippen LogP contribution in [0.5, 0.6) is 0 Å². The van der Waals surface area contributed by atoms with E-state index in [-0.39, 0.29) is 16.1 Å². The molecule has 0 heterocycles. The quantitative estimate of drug-likeness (QED) is 0.887. The minimum Gasteiger partial charge on any atom is -0.478 e. The molecule has 2 N–H and O–H groups in total. The number of amides is 1. The molecule has 0 unspecified atom stereocenters. The van der Waals surface area contributed by atoms with E-state index in [0.29, 0.717) is 10.7 Å². The molecule has 0 spiro atoms. The van der Waals surface area contributed by atoms with E-state index in [2.05, 4.69) is 5.32 Å². The maximum Gasteiger partial charge on any atom is 0.335 e. The number of aryl methyl sites for hydroxylation is 1. The zero-order chi connectivity index (χ0) is 15.6. The molecule has 0 aromatic heterocycles. The molecule has 6 heteroatoms. The molecule has 0 saturated heterocycles. The zero-order valence-electron chi connectivity index (χ0n) is 11.0. The standard InChI is InChI=1S/C15H11Cl2NO3/c1-8-2-3-9(15(20)21)6-13(8)18-14(19)11-7-10(16)4-5-12(11)17/h2-7H,1H3,(H,18,19)(H,20,21). The number of halogens is 2. The molecule has 2 aromatic carbocycles. The van der Waals surface area contributed by atoms with Crippen LogP contribution in [0.1, 0.15) is 26.3 Å². The Morgan fingerprint density at radius 1 is 1.10 bits per heavy atom. The number of carboxylic acids is 1. The van der Waals surface area contributed by atoms with Crippen molar-refractivity contribution in [1.82, 2.24) is 0 Å².